The van der Waals surface area contributed by atoms with Crippen LogP contribution in [-0.2, 0) is 9.59 Å². The number of aldehydes is 1. The molecule has 1 saturated heterocycles. The molecular formula is C9H15Br2NO2. The molecule has 0 radical (unpaired) electrons. The third-order valence-corrected chi connectivity index (χ3v) is 3.53. The third-order valence-electron chi connectivity index (χ3n) is 2.57. The van der Waals surface area contributed by atoms with Crippen molar-refractivity contribution in [1.29, 1.82) is 0 Å². The van der Waals surface area contributed by atoms with Gasteiger partial charge in [-0.25, -0.2) is 0 Å². The van der Waals surface area contributed by atoms with Crippen molar-refractivity contribution >= 4 is 45.1 Å². The van der Waals surface area contributed by atoms with Crippen molar-refractivity contribution in [1.82, 2.24) is 4.90 Å². The van der Waals surface area contributed by atoms with E-state index in [1.807, 2.05) is 4.90 Å². The van der Waals surface area contributed by atoms with Crippen LogP contribution < -0.4 is 0 Å². The van der Waals surface area contributed by atoms with Crippen LogP contribution in [0.25, 0.3) is 0 Å². The van der Waals surface area contributed by atoms with Crippen LogP contribution in [0.15, 0.2) is 0 Å². The fourth-order valence-electron chi connectivity index (χ4n) is 1.64. The summed E-state index contributed by atoms with van der Waals surface area (Å²) in [6.07, 6.45) is 2.79. The molecule has 1 amide bonds. The minimum Gasteiger partial charge on any atom is -0.343 e. The highest BCUT2D eigenvalue weighted by molar-refractivity contribution is 9.10. The van der Waals surface area contributed by atoms with Gasteiger partial charge in [-0.1, -0.05) is 15.9 Å². The SMILES string of the molecule is Br.CC(=O)N1CCC(C(Br)C=O)CC1. The lowest BCUT2D eigenvalue weighted by molar-refractivity contribution is -0.130. The van der Waals surface area contributed by atoms with Gasteiger partial charge in [0.05, 0.1) is 4.83 Å². The first-order valence-electron chi connectivity index (χ1n) is 4.50. The number of carbonyl (C=O) groups is 2. The number of likely N-dealkylation sites (tertiary alicyclic amines) is 1. The zero-order valence-electron chi connectivity index (χ0n) is 8.11. The number of rotatable bonds is 2. The van der Waals surface area contributed by atoms with E-state index in [4.69, 9.17) is 0 Å². The second-order valence-electron chi connectivity index (χ2n) is 3.42. The minimum atomic E-state index is -0.0402. The van der Waals surface area contributed by atoms with Gasteiger partial charge in [-0.05, 0) is 18.8 Å². The van der Waals surface area contributed by atoms with E-state index in [2.05, 4.69) is 15.9 Å². The second kappa shape index (κ2) is 6.56. The third kappa shape index (κ3) is 3.69. The van der Waals surface area contributed by atoms with E-state index >= 15 is 0 Å². The molecule has 0 aromatic heterocycles. The summed E-state index contributed by atoms with van der Waals surface area (Å²) in [7, 11) is 0. The molecule has 1 rings (SSSR count). The van der Waals surface area contributed by atoms with E-state index < -0.39 is 0 Å². The lowest BCUT2D eigenvalue weighted by Gasteiger charge is -2.32. The van der Waals surface area contributed by atoms with Crippen LogP contribution in [-0.4, -0.2) is 35.0 Å². The Bertz CT molecular complexity index is 203. The monoisotopic (exact) mass is 327 g/mol. The highest BCUT2D eigenvalue weighted by Crippen LogP contribution is 2.24. The topological polar surface area (TPSA) is 37.4 Å². The van der Waals surface area contributed by atoms with Gasteiger partial charge >= 0.3 is 0 Å². The van der Waals surface area contributed by atoms with Gasteiger partial charge < -0.3 is 9.69 Å². The van der Waals surface area contributed by atoms with E-state index in [-0.39, 0.29) is 27.7 Å². The lowest BCUT2D eigenvalue weighted by Crippen LogP contribution is -2.39. The molecule has 1 fully saturated rings. The van der Waals surface area contributed by atoms with Crippen LogP contribution in [0, 0.1) is 5.92 Å². The molecule has 0 spiro atoms. The van der Waals surface area contributed by atoms with Crippen molar-refractivity contribution < 1.29 is 9.59 Å². The first-order valence-corrected chi connectivity index (χ1v) is 5.41. The summed E-state index contributed by atoms with van der Waals surface area (Å²) in [4.78, 5) is 23.3. The molecule has 0 aromatic rings. The van der Waals surface area contributed by atoms with Crippen molar-refractivity contribution in [2.75, 3.05) is 13.1 Å². The fraction of sp³-hybridized carbons (Fsp3) is 0.778. The Labute approximate surface area is 103 Å². The van der Waals surface area contributed by atoms with Crippen molar-refractivity contribution in [2.24, 2.45) is 5.92 Å². The van der Waals surface area contributed by atoms with E-state index in [9.17, 15) is 9.59 Å². The van der Waals surface area contributed by atoms with Crippen LogP contribution in [0.2, 0.25) is 0 Å². The lowest BCUT2D eigenvalue weighted by atomic mass is 9.94. The van der Waals surface area contributed by atoms with Crippen molar-refractivity contribution in [2.45, 2.75) is 24.6 Å². The molecule has 0 aliphatic carbocycles. The molecule has 0 N–H and O–H groups in total. The van der Waals surface area contributed by atoms with Gasteiger partial charge in [0, 0.05) is 20.0 Å². The highest BCUT2D eigenvalue weighted by atomic mass is 79.9. The molecule has 1 heterocycles. The number of carbonyl (C=O) groups excluding carboxylic acids is 2. The van der Waals surface area contributed by atoms with Crippen LogP contribution in [0.4, 0.5) is 0 Å². The second-order valence-corrected chi connectivity index (χ2v) is 4.48. The van der Waals surface area contributed by atoms with Crippen LogP contribution >= 0.6 is 32.9 Å². The maximum absolute atomic E-state index is 11.0. The zero-order valence-corrected chi connectivity index (χ0v) is 11.4. The van der Waals surface area contributed by atoms with E-state index in [0.29, 0.717) is 5.92 Å². The Morgan fingerprint density at radius 3 is 2.36 bits per heavy atom. The molecule has 82 valence electrons. The molecule has 3 nitrogen and oxygen atoms in total. The van der Waals surface area contributed by atoms with Gasteiger partial charge in [-0.3, -0.25) is 4.79 Å². The highest BCUT2D eigenvalue weighted by Gasteiger charge is 2.25. The number of hydrogen-bond acceptors (Lipinski definition) is 2. The van der Waals surface area contributed by atoms with Crippen LogP contribution in [0.1, 0.15) is 19.8 Å². The molecule has 1 unspecified atom stereocenters. The van der Waals surface area contributed by atoms with Gasteiger partial charge in [0.15, 0.2) is 0 Å². The summed E-state index contributed by atoms with van der Waals surface area (Å²) in [5, 5.41) is 0. The minimum absolute atomic E-state index is 0. The predicted molar refractivity (Wildman–Crippen MR) is 64.1 cm³/mol. The molecule has 0 aromatic carbocycles. The summed E-state index contributed by atoms with van der Waals surface area (Å²) in [6.45, 7) is 3.16. The summed E-state index contributed by atoms with van der Waals surface area (Å²) in [5.41, 5.74) is 0. The quantitative estimate of drug-likeness (QED) is 0.572. The number of piperidine rings is 1. The summed E-state index contributed by atoms with van der Waals surface area (Å²) < 4.78 is 0. The van der Waals surface area contributed by atoms with E-state index in [0.717, 1.165) is 32.2 Å². The molecule has 1 aliphatic rings. The number of amides is 1. The number of hydrogen-bond donors (Lipinski definition) is 0. The average Bonchev–Trinajstić information content (AvgIpc) is 2.17. The molecule has 14 heavy (non-hydrogen) atoms. The predicted octanol–water partition coefficient (Wildman–Crippen LogP) is 1.79. The zero-order chi connectivity index (χ0) is 9.84. The van der Waals surface area contributed by atoms with E-state index in [1.165, 1.54) is 0 Å². The Kier molecular flexibility index (Phi) is 6.61. The summed E-state index contributed by atoms with van der Waals surface area (Å²) in [5.74, 6) is 0.531. The molecular weight excluding hydrogens is 314 g/mol. The number of alkyl halides is 1. The van der Waals surface area contributed by atoms with Gasteiger partial charge in [0.25, 0.3) is 0 Å². The molecule has 1 aliphatic heterocycles. The van der Waals surface area contributed by atoms with Crippen molar-refractivity contribution in [3.05, 3.63) is 0 Å². The number of halogens is 2. The maximum Gasteiger partial charge on any atom is 0.219 e. The van der Waals surface area contributed by atoms with Crippen LogP contribution in [0.5, 0.6) is 0 Å². The Morgan fingerprint density at radius 1 is 1.50 bits per heavy atom. The molecule has 1 atom stereocenters. The first kappa shape index (κ1) is 14.1. The van der Waals surface area contributed by atoms with Gasteiger partial charge in [0.1, 0.15) is 6.29 Å². The van der Waals surface area contributed by atoms with E-state index in [1.54, 1.807) is 6.92 Å². The number of nitrogens with zero attached hydrogens (tertiary/aromatic N) is 1. The average molecular weight is 329 g/mol. The standard InChI is InChI=1S/C9H14BrNO2.BrH/c1-7(13)11-4-2-8(3-5-11)9(10)6-12;/h6,8-9H,2-5H2,1H3;1H. The van der Waals surface area contributed by atoms with Gasteiger partial charge in [-0.2, -0.15) is 0 Å². The largest absolute Gasteiger partial charge is 0.343 e. The molecule has 0 bridgehead atoms. The molecule has 5 heteroatoms. The van der Waals surface area contributed by atoms with Gasteiger partial charge in [0.2, 0.25) is 5.91 Å². The Hall–Kier alpha value is 0.1000. The Morgan fingerprint density at radius 2 is 2.00 bits per heavy atom. The maximum atomic E-state index is 11.0. The van der Waals surface area contributed by atoms with Crippen LogP contribution in [0.3, 0.4) is 0 Å². The first-order chi connectivity index (χ1) is 6.15. The fourth-order valence-corrected chi connectivity index (χ4v) is 2.17. The normalized spacial score (nSPS) is 19.7. The molecule has 0 saturated carbocycles. The summed E-state index contributed by atoms with van der Waals surface area (Å²) in [6, 6.07) is 0. The van der Waals surface area contributed by atoms with Gasteiger partial charge in [-0.15, -0.1) is 17.0 Å². The Balaban J connectivity index is 0.00000169. The summed E-state index contributed by atoms with van der Waals surface area (Å²) >= 11 is 3.32. The smallest absolute Gasteiger partial charge is 0.219 e. The van der Waals surface area contributed by atoms with Crippen molar-refractivity contribution in [3.8, 4) is 0 Å². The van der Waals surface area contributed by atoms with Crippen molar-refractivity contribution in [3.63, 3.8) is 0 Å².